The SMILES string of the molecule is O=C(C1=C(O)C(=O)N(Cc2cccnc2)C1c1ccc(F)cc1)c1cc2cc(Cl)ccc2o1. The number of aliphatic hydroxyl groups is 1. The minimum absolute atomic E-state index is 0.0445. The number of fused-ring (bicyclic) bond motifs is 1. The van der Waals surface area contributed by atoms with Gasteiger partial charge in [0.25, 0.3) is 5.91 Å². The van der Waals surface area contributed by atoms with Crippen LogP contribution in [0.3, 0.4) is 0 Å². The molecule has 0 spiro atoms. The number of rotatable bonds is 5. The summed E-state index contributed by atoms with van der Waals surface area (Å²) in [7, 11) is 0. The number of ketones is 1. The molecule has 1 atom stereocenters. The van der Waals surface area contributed by atoms with Gasteiger partial charge in [0.1, 0.15) is 11.4 Å². The summed E-state index contributed by atoms with van der Waals surface area (Å²) in [5.74, 6) is -2.53. The van der Waals surface area contributed by atoms with Gasteiger partial charge < -0.3 is 14.4 Å². The number of nitrogens with zero attached hydrogens (tertiary/aromatic N) is 2. The first-order chi connectivity index (χ1) is 15.9. The number of amides is 1. The number of hydrogen-bond donors (Lipinski definition) is 1. The highest BCUT2D eigenvalue weighted by molar-refractivity contribution is 6.31. The highest BCUT2D eigenvalue weighted by Crippen LogP contribution is 2.40. The predicted molar refractivity (Wildman–Crippen MR) is 119 cm³/mol. The van der Waals surface area contributed by atoms with Gasteiger partial charge in [-0.15, -0.1) is 0 Å². The summed E-state index contributed by atoms with van der Waals surface area (Å²) in [5, 5.41) is 11.8. The first-order valence-electron chi connectivity index (χ1n) is 10.0. The molecule has 3 heterocycles. The fraction of sp³-hybridized carbons (Fsp3) is 0.0800. The molecular formula is C25H16ClFN2O4. The van der Waals surface area contributed by atoms with Gasteiger partial charge in [-0.25, -0.2) is 4.39 Å². The van der Waals surface area contributed by atoms with Crippen LogP contribution >= 0.6 is 11.6 Å². The van der Waals surface area contributed by atoms with E-state index in [-0.39, 0.29) is 17.9 Å². The van der Waals surface area contributed by atoms with Crippen molar-refractivity contribution in [2.24, 2.45) is 0 Å². The molecule has 6 nitrogen and oxygen atoms in total. The van der Waals surface area contributed by atoms with E-state index in [0.29, 0.717) is 27.1 Å². The molecule has 1 amide bonds. The Kier molecular flexibility index (Phi) is 5.18. The molecule has 0 radical (unpaired) electrons. The van der Waals surface area contributed by atoms with Crippen LogP contribution in [0.2, 0.25) is 5.02 Å². The maximum absolute atomic E-state index is 13.6. The summed E-state index contributed by atoms with van der Waals surface area (Å²) in [6.07, 6.45) is 3.19. The number of halogens is 2. The van der Waals surface area contributed by atoms with Crippen LogP contribution in [0.15, 0.2) is 88.8 Å². The number of aromatic nitrogens is 1. The zero-order valence-corrected chi connectivity index (χ0v) is 17.8. The van der Waals surface area contributed by atoms with Gasteiger partial charge in [-0.05, 0) is 53.6 Å². The average Bonchev–Trinajstić information content (AvgIpc) is 3.34. The predicted octanol–water partition coefficient (Wildman–Crippen LogP) is 5.40. The Bertz CT molecular complexity index is 1410. The van der Waals surface area contributed by atoms with Gasteiger partial charge in [-0.1, -0.05) is 29.8 Å². The number of Topliss-reactive ketones (excluding diaryl/α,β-unsaturated/α-hetero) is 1. The van der Waals surface area contributed by atoms with E-state index in [4.69, 9.17) is 16.0 Å². The highest BCUT2D eigenvalue weighted by atomic mass is 35.5. The molecule has 0 aliphatic carbocycles. The smallest absolute Gasteiger partial charge is 0.290 e. The van der Waals surface area contributed by atoms with E-state index < -0.39 is 29.3 Å². The summed E-state index contributed by atoms with van der Waals surface area (Å²) in [4.78, 5) is 32.0. The van der Waals surface area contributed by atoms with Crippen LogP contribution in [0.25, 0.3) is 11.0 Å². The second kappa shape index (κ2) is 8.18. The van der Waals surface area contributed by atoms with Crippen molar-refractivity contribution in [1.82, 2.24) is 9.88 Å². The third-order valence-corrected chi connectivity index (χ3v) is 5.75. The van der Waals surface area contributed by atoms with Crippen molar-refractivity contribution in [2.45, 2.75) is 12.6 Å². The molecule has 0 saturated carbocycles. The molecule has 0 bridgehead atoms. The molecule has 1 unspecified atom stereocenters. The quantitative estimate of drug-likeness (QED) is 0.401. The molecule has 1 aliphatic rings. The molecule has 8 heteroatoms. The maximum Gasteiger partial charge on any atom is 0.290 e. The summed E-state index contributed by atoms with van der Waals surface area (Å²) >= 11 is 6.03. The number of pyridine rings is 1. The molecule has 164 valence electrons. The second-order valence-electron chi connectivity index (χ2n) is 7.63. The van der Waals surface area contributed by atoms with Crippen molar-refractivity contribution in [3.05, 3.63) is 112 Å². The van der Waals surface area contributed by atoms with E-state index in [1.807, 2.05) is 0 Å². The van der Waals surface area contributed by atoms with Crippen molar-refractivity contribution in [3.8, 4) is 0 Å². The van der Waals surface area contributed by atoms with Crippen molar-refractivity contribution in [3.63, 3.8) is 0 Å². The lowest BCUT2D eigenvalue weighted by atomic mass is 9.95. The molecule has 2 aromatic heterocycles. The Labute approximate surface area is 192 Å². The standard InChI is InChI=1S/C25H16ClFN2O4/c26-17-5-8-19-16(10-17)11-20(33-19)23(30)21-22(15-3-6-18(27)7-4-15)29(25(32)24(21)31)13-14-2-1-9-28-12-14/h1-12,22,31H,13H2. The Hall–Kier alpha value is -3.97. The van der Waals surface area contributed by atoms with Crippen LogP contribution in [0.4, 0.5) is 4.39 Å². The van der Waals surface area contributed by atoms with E-state index in [9.17, 15) is 19.1 Å². The number of carbonyl (C=O) groups is 2. The monoisotopic (exact) mass is 462 g/mol. The lowest BCUT2D eigenvalue weighted by Gasteiger charge is -2.26. The zero-order chi connectivity index (χ0) is 23.1. The van der Waals surface area contributed by atoms with Crippen molar-refractivity contribution in [2.75, 3.05) is 0 Å². The first kappa shape index (κ1) is 20.9. The van der Waals surface area contributed by atoms with E-state index in [1.54, 1.807) is 42.7 Å². The highest BCUT2D eigenvalue weighted by Gasteiger charge is 2.44. The fourth-order valence-electron chi connectivity index (χ4n) is 3.99. The molecule has 0 fully saturated rings. The third kappa shape index (κ3) is 3.76. The summed E-state index contributed by atoms with van der Waals surface area (Å²) < 4.78 is 19.3. The van der Waals surface area contributed by atoms with Crippen LogP contribution in [-0.4, -0.2) is 26.7 Å². The zero-order valence-electron chi connectivity index (χ0n) is 17.0. The number of aliphatic hydroxyl groups excluding tert-OH is 1. The van der Waals surface area contributed by atoms with Gasteiger partial charge in [0.05, 0.1) is 11.6 Å². The number of furan rings is 1. The minimum atomic E-state index is -0.942. The Morgan fingerprint density at radius 3 is 2.67 bits per heavy atom. The third-order valence-electron chi connectivity index (χ3n) is 5.51. The lowest BCUT2D eigenvalue weighted by molar-refractivity contribution is -0.130. The largest absolute Gasteiger partial charge is 0.503 e. The van der Waals surface area contributed by atoms with Crippen LogP contribution in [0, 0.1) is 5.82 Å². The average molecular weight is 463 g/mol. The van der Waals surface area contributed by atoms with Gasteiger partial charge >= 0.3 is 0 Å². The van der Waals surface area contributed by atoms with Crippen molar-refractivity contribution in [1.29, 1.82) is 0 Å². The number of benzene rings is 2. The number of carbonyl (C=O) groups excluding carboxylic acids is 2. The van der Waals surface area contributed by atoms with Crippen LogP contribution in [-0.2, 0) is 11.3 Å². The molecule has 4 aromatic rings. The van der Waals surface area contributed by atoms with Gasteiger partial charge in [-0.3, -0.25) is 14.6 Å². The molecule has 33 heavy (non-hydrogen) atoms. The molecule has 1 N–H and O–H groups in total. The summed E-state index contributed by atoms with van der Waals surface area (Å²) in [5.41, 5.74) is 1.48. The Balaban J connectivity index is 1.60. The minimum Gasteiger partial charge on any atom is -0.503 e. The van der Waals surface area contributed by atoms with Crippen LogP contribution < -0.4 is 0 Å². The van der Waals surface area contributed by atoms with E-state index in [1.165, 1.54) is 35.2 Å². The molecule has 1 aliphatic heterocycles. The maximum atomic E-state index is 13.6. The summed E-state index contributed by atoms with van der Waals surface area (Å²) in [6.45, 7) is 0.0886. The van der Waals surface area contributed by atoms with Crippen molar-refractivity contribution < 1.29 is 23.5 Å². The van der Waals surface area contributed by atoms with Gasteiger partial charge in [-0.2, -0.15) is 0 Å². The Morgan fingerprint density at radius 2 is 1.94 bits per heavy atom. The van der Waals surface area contributed by atoms with Gasteiger partial charge in [0.2, 0.25) is 5.78 Å². The topological polar surface area (TPSA) is 83.6 Å². The second-order valence-corrected chi connectivity index (χ2v) is 8.07. The molecule has 2 aromatic carbocycles. The molecule has 0 saturated heterocycles. The van der Waals surface area contributed by atoms with Crippen LogP contribution in [0.5, 0.6) is 0 Å². The molecule has 5 rings (SSSR count). The van der Waals surface area contributed by atoms with Gasteiger partial charge in [0, 0.05) is 29.3 Å². The van der Waals surface area contributed by atoms with Gasteiger partial charge in [0.15, 0.2) is 11.5 Å². The number of hydrogen-bond acceptors (Lipinski definition) is 5. The van der Waals surface area contributed by atoms with E-state index in [2.05, 4.69) is 4.98 Å². The fourth-order valence-corrected chi connectivity index (χ4v) is 4.17. The normalized spacial score (nSPS) is 16.1. The first-order valence-corrected chi connectivity index (χ1v) is 10.4. The lowest BCUT2D eigenvalue weighted by Crippen LogP contribution is -2.30. The Morgan fingerprint density at radius 1 is 1.15 bits per heavy atom. The summed E-state index contributed by atoms with van der Waals surface area (Å²) in [6, 6.07) is 14.4. The molecular weight excluding hydrogens is 447 g/mol. The van der Waals surface area contributed by atoms with E-state index >= 15 is 0 Å². The van der Waals surface area contributed by atoms with E-state index in [0.717, 1.165) is 0 Å². The van der Waals surface area contributed by atoms with Crippen LogP contribution in [0.1, 0.15) is 27.7 Å². The van der Waals surface area contributed by atoms with Crippen molar-refractivity contribution >= 4 is 34.3 Å².